The molecule has 12 heteroatoms. The van der Waals surface area contributed by atoms with Crippen molar-refractivity contribution in [2.24, 2.45) is 0 Å². The van der Waals surface area contributed by atoms with Crippen LogP contribution in [0.2, 0.25) is 0 Å². The molecule has 0 aliphatic heterocycles. The van der Waals surface area contributed by atoms with Crippen molar-refractivity contribution in [2.45, 2.75) is 40.0 Å². The molecule has 12 nitrogen and oxygen atoms in total. The minimum absolute atomic E-state index is 0.0396. The molecule has 210 valence electrons. The summed E-state index contributed by atoms with van der Waals surface area (Å²) in [6, 6.07) is 0. The fraction of sp³-hybridized carbons (Fsp3) is 0.333. The highest BCUT2D eigenvalue weighted by Gasteiger charge is 2.33. The molecule has 0 radical (unpaired) electrons. The van der Waals surface area contributed by atoms with Crippen LogP contribution in [0.4, 0.5) is 0 Å². The highest BCUT2D eigenvalue weighted by Crippen LogP contribution is 2.31. The first-order valence-electron chi connectivity index (χ1n) is 11.5. The molecule has 0 amide bonds. The molecule has 0 aromatic heterocycles. The number of ether oxygens (including phenoxy) is 3. The first kappa shape index (κ1) is 32.3. The van der Waals surface area contributed by atoms with Crippen LogP contribution in [0.3, 0.4) is 0 Å². The normalized spacial score (nSPS) is 10.2. The Kier molecular flexibility index (Phi) is 11.8. The van der Waals surface area contributed by atoms with Gasteiger partial charge in [-0.15, -0.1) is 0 Å². The molecule has 0 saturated carbocycles. The van der Waals surface area contributed by atoms with Gasteiger partial charge in [0.15, 0.2) is 0 Å². The number of carbonyl (C=O) groups is 6. The quantitative estimate of drug-likeness (QED) is 0.166. The number of carbonyl (C=O) groups excluding carboxylic acids is 3. The second-order valence-corrected chi connectivity index (χ2v) is 8.47. The number of carboxylic acid groups (broad SMARTS) is 3. The number of rotatable bonds is 15. The van der Waals surface area contributed by atoms with Gasteiger partial charge in [0.05, 0.1) is 36.5 Å². The summed E-state index contributed by atoms with van der Waals surface area (Å²) in [5.74, 6) is -7.42. The largest absolute Gasteiger partial charge is 0.478 e. The second-order valence-electron chi connectivity index (χ2n) is 8.47. The van der Waals surface area contributed by atoms with Crippen LogP contribution in [-0.2, 0) is 47.9 Å². The zero-order valence-corrected chi connectivity index (χ0v) is 21.9. The summed E-state index contributed by atoms with van der Waals surface area (Å²) in [4.78, 5) is 72.6. The highest BCUT2D eigenvalue weighted by atomic mass is 16.5. The number of hydrogen-bond acceptors (Lipinski definition) is 9. The van der Waals surface area contributed by atoms with Crippen molar-refractivity contribution < 1.29 is 58.3 Å². The van der Waals surface area contributed by atoms with Gasteiger partial charge in [-0.25, -0.2) is 28.8 Å². The first-order valence-corrected chi connectivity index (χ1v) is 11.5. The van der Waals surface area contributed by atoms with Gasteiger partial charge in [0.1, 0.15) is 0 Å². The molecule has 39 heavy (non-hydrogen) atoms. The van der Waals surface area contributed by atoms with Crippen LogP contribution in [0.1, 0.15) is 68.5 Å². The third kappa shape index (κ3) is 8.66. The van der Waals surface area contributed by atoms with Gasteiger partial charge < -0.3 is 29.5 Å². The van der Waals surface area contributed by atoms with Crippen LogP contribution in [0, 0.1) is 0 Å². The van der Waals surface area contributed by atoms with Gasteiger partial charge in [-0.2, -0.15) is 0 Å². The molecule has 0 saturated heterocycles. The SMILES string of the molecule is C=C(C)C(=O)OCCc1c(CCOC(=O)C(=C)C)c(C(=O)O)c(C(=O)O)c(CCOC(=O)C(=C)C)c1C(=O)O. The van der Waals surface area contributed by atoms with Crippen molar-refractivity contribution in [3.8, 4) is 0 Å². The molecular formula is C27H30O12. The highest BCUT2D eigenvalue weighted by molar-refractivity contribution is 6.07. The molecule has 3 N–H and O–H groups in total. The Labute approximate surface area is 224 Å². The maximum atomic E-state index is 12.5. The molecule has 1 rings (SSSR count). The number of benzene rings is 1. The van der Waals surface area contributed by atoms with Gasteiger partial charge in [0.2, 0.25) is 0 Å². The molecule has 1 aromatic rings. The van der Waals surface area contributed by atoms with Crippen molar-refractivity contribution in [1.82, 2.24) is 0 Å². The molecule has 0 spiro atoms. The van der Waals surface area contributed by atoms with Crippen LogP contribution in [-0.4, -0.2) is 71.0 Å². The fourth-order valence-electron chi connectivity index (χ4n) is 3.55. The maximum Gasteiger partial charge on any atom is 0.336 e. The Hall–Kier alpha value is -4.74. The van der Waals surface area contributed by atoms with E-state index >= 15 is 0 Å². The topological polar surface area (TPSA) is 191 Å². The van der Waals surface area contributed by atoms with E-state index in [0.717, 1.165) is 0 Å². The summed E-state index contributed by atoms with van der Waals surface area (Å²) < 4.78 is 15.1. The number of hydrogen-bond donors (Lipinski definition) is 3. The number of esters is 3. The first-order chi connectivity index (χ1) is 18.1. The summed E-state index contributed by atoms with van der Waals surface area (Å²) in [7, 11) is 0. The van der Waals surface area contributed by atoms with Crippen LogP contribution >= 0.6 is 0 Å². The van der Waals surface area contributed by atoms with E-state index in [9.17, 15) is 44.1 Å². The summed E-state index contributed by atoms with van der Waals surface area (Å²) in [6.45, 7) is 13.1. The maximum absolute atomic E-state index is 12.5. The zero-order valence-electron chi connectivity index (χ0n) is 21.9. The molecule has 0 heterocycles. The molecule has 0 fully saturated rings. The third-order valence-corrected chi connectivity index (χ3v) is 5.26. The minimum atomic E-state index is -1.74. The molecule has 0 aliphatic carbocycles. The van der Waals surface area contributed by atoms with E-state index < -0.39 is 84.3 Å². The van der Waals surface area contributed by atoms with Gasteiger partial charge in [-0.3, -0.25) is 0 Å². The Bertz CT molecular complexity index is 1250. The van der Waals surface area contributed by atoms with Crippen LogP contribution < -0.4 is 0 Å². The summed E-state index contributed by atoms with van der Waals surface area (Å²) in [5, 5.41) is 30.1. The Morgan fingerprint density at radius 3 is 1.05 bits per heavy atom. The molecule has 0 atom stereocenters. The smallest absolute Gasteiger partial charge is 0.336 e. The molecular weight excluding hydrogens is 516 g/mol. The van der Waals surface area contributed by atoms with E-state index in [0.29, 0.717) is 0 Å². The lowest BCUT2D eigenvalue weighted by Gasteiger charge is -2.22. The third-order valence-electron chi connectivity index (χ3n) is 5.26. The van der Waals surface area contributed by atoms with Crippen molar-refractivity contribution >= 4 is 35.8 Å². The van der Waals surface area contributed by atoms with Crippen LogP contribution in [0.5, 0.6) is 0 Å². The standard InChI is InChI=1S/C27H30O12/c1-13(2)25(34)37-10-7-16-17(8-11-38-26(35)14(3)4)20(23(30)31)21(24(32)33)18(19(16)22(28)29)9-12-39-27(36)15(5)6/h1,3,5,7-12H2,2,4,6H3,(H,28,29)(H,30,31)(H,32,33). The average molecular weight is 547 g/mol. The Balaban J connectivity index is 3.86. The van der Waals surface area contributed by atoms with E-state index in [1.54, 1.807) is 0 Å². The molecule has 1 aromatic carbocycles. The van der Waals surface area contributed by atoms with E-state index in [-0.39, 0.29) is 40.7 Å². The van der Waals surface area contributed by atoms with Crippen molar-refractivity contribution in [1.29, 1.82) is 0 Å². The zero-order chi connectivity index (χ0) is 30.0. The molecule has 0 aliphatic rings. The molecule has 0 bridgehead atoms. The lowest BCUT2D eigenvalue weighted by Crippen LogP contribution is -2.25. The van der Waals surface area contributed by atoms with Crippen LogP contribution in [0.15, 0.2) is 36.5 Å². The summed E-state index contributed by atoms with van der Waals surface area (Å²) in [5.41, 5.74) is -2.75. The predicted molar refractivity (Wildman–Crippen MR) is 136 cm³/mol. The van der Waals surface area contributed by atoms with E-state index in [1.165, 1.54) is 20.8 Å². The average Bonchev–Trinajstić information content (AvgIpc) is 2.83. The Morgan fingerprint density at radius 1 is 0.513 bits per heavy atom. The van der Waals surface area contributed by atoms with Crippen molar-refractivity contribution in [3.05, 3.63) is 69.8 Å². The van der Waals surface area contributed by atoms with Gasteiger partial charge in [0.25, 0.3) is 0 Å². The lowest BCUT2D eigenvalue weighted by molar-refractivity contribution is -0.139. The summed E-state index contributed by atoms with van der Waals surface area (Å²) in [6.07, 6.45) is -1.18. The van der Waals surface area contributed by atoms with Gasteiger partial charge in [-0.1, -0.05) is 19.7 Å². The van der Waals surface area contributed by atoms with Crippen molar-refractivity contribution in [2.75, 3.05) is 19.8 Å². The number of carboxylic acids is 3. The lowest BCUT2D eigenvalue weighted by atomic mass is 9.83. The monoisotopic (exact) mass is 546 g/mol. The van der Waals surface area contributed by atoms with E-state index in [2.05, 4.69) is 19.7 Å². The van der Waals surface area contributed by atoms with Gasteiger partial charge in [0, 0.05) is 36.0 Å². The van der Waals surface area contributed by atoms with Gasteiger partial charge >= 0.3 is 35.8 Å². The molecule has 0 unspecified atom stereocenters. The second kappa shape index (κ2) is 14.3. The van der Waals surface area contributed by atoms with Crippen molar-refractivity contribution in [3.63, 3.8) is 0 Å². The van der Waals surface area contributed by atoms with E-state index in [1.807, 2.05) is 0 Å². The fourth-order valence-corrected chi connectivity index (χ4v) is 3.55. The summed E-state index contributed by atoms with van der Waals surface area (Å²) >= 11 is 0. The van der Waals surface area contributed by atoms with Crippen LogP contribution in [0.25, 0.3) is 0 Å². The number of aromatic carboxylic acids is 3. The Morgan fingerprint density at radius 2 is 0.769 bits per heavy atom. The predicted octanol–water partition coefficient (Wildman–Crippen LogP) is 2.77. The minimum Gasteiger partial charge on any atom is -0.478 e. The van der Waals surface area contributed by atoms with E-state index in [4.69, 9.17) is 14.2 Å². The van der Waals surface area contributed by atoms with Gasteiger partial charge in [-0.05, 0) is 37.5 Å².